The van der Waals surface area contributed by atoms with Crippen molar-refractivity contribution in [2.45, 2.75) is 258 Å². The van der Waals surface area contributed by atoms with E-state index in [0.29, 0.717) is 19.3 Å². The summed E-state index contributed by atoms with van der Waals surface area (Å²) in [6.45, 7) is 6.44. The summed E-state index contributed by atoms with van der Waals surface area (Å²) in [6.07, 6.45) is 60.9. The Morgan fingerprint density at radius 2 is 0.656 bits per heavy atom. The van der Waals surface area contributed by atoms with Gasteiger partial charge in [0.2, 0.25) is 0 Å². The first-order valence-corrected chi connectivity index (χ1v) is 25.8. The Bertz CT molecular complexity index is 1120. The quantitative estimate of drug-likeness (QED) is 0.0263. The summed E-state index contributed by atoms with van der Waals surface area (Å²) >= 11 is 0. The summed E-state index contributed by atoms with van der Waals surface area (Å²) in [4.78, 5) is 37.7. The van der Waals surface area contributed by atoms with Gasteiger partial charge in [0.25, 0.3) is 0 Å². The molecule has 0 bridgehead atoms. The molecule has 352 valence electrons. The summed E-state index contributed by atoms with van der Waals surface area (Å²) in [6, 6.07) is 0. The predicted molar refractivity (Wildman–Crippen MR) is 261 cm³/mol. The normalized spacial score (nSPS) is 12.5. The van der Waals surface area contributed by atoms with E-state index in [1.165, 1.54) is 116 Å². The molecule has 1 atom stereocenters. The number of hydrogen-bond acceptors (Lipinski definition) is 6. The van der Waals surface area contributed by atoms with Crippen LogP contribution in [0.1, 0.15) is 252 Å². The summed E-state index contributed by atoms with van der Waals surface area (Å²) < 4.78 is 16.7. The first-order valence-electron chi connectivity index (χ1n) is 25.8. The summed E-state index contributed by atoms with van der Waals surface area (Å²) in [5, 5.41) is 0. The van der Waals surface area contributed by atoms with Crippen molar-refractivity contribution in [3.8, 4) is 0 Å². The minimum Gasteiger partial charge on any atom is -0.462 e. The van der Waals surface area contributed by atoms with Crippen LogP contribution in [0.15, 0.2) is 60.8 Å². The van der Waals surface area contributed by atoms with Gasteiger partial charge in [-0.2, -0.15) is 0 Å². The Balaban J connectivity index is 4.12. The molecule has 0 aromatic carbocycles. The van der Waals surface area contributed by atoms with E-state index in [1.807, 2.05) is 0 Å². The third-order valence-corrected chi connectivity index (χ3v) is 11.0. The van der Waals surface area contributed by atoms with E-state index in [-0.39, 0.29) is 31.1 Å². The molecular weight excluding hydrogens is 757 g/mol. The molecule has 0 aromatic rings. The minimum absolute atomic E-state index is 0.0766. The molecule has 0 aliphatic heterocycles. The van der Waals surface area contributed by atoms with Crippen molar-refractivity contribution >= 4 is 17.9 Å². The van der Waals surface area contributed by atoms with E-state index in [2.05, 4.69) is 81.5 Å². The smallest absolute Gasteiger partial charge is 0.306 e. The highest BCUT2D eigenvalue weighted by Gasteiger charge is 2.19. The Labute approximate surface area is 377 Å². The van der Waals surface area contributed by atoms with Gasteiger partial charge in [0.15, 0.2) is 6.10 Å². The molecule has 0 aromatic heterocycles. The minimum atomic E-state index is -0.773. The predicted octanol–water partition coefficient (Wildman–Crippen LogP) is 16.9. The number of rotatable bonds is 46. The van der Waals surface area contributed by atoms with Crippen LogP contribution in [0.25, 0.3) is 0 Å². The Morgan fingerprint density at radius 1 is 0.344 bits per heavy atom. The first kappa shape index (κ1) is 58.1. The molecule has 0 heterocycles. The number of allylic oxidation sites excluding steroid dienone is 10. The molecule has 0 aliphatic carbocycles. The van der Waals surface area contributed by atoms with Crippen molar-refractivity contribution in [1.29, 1.82) is 0 Å². The van der Waals surface area contributed by atoms with Crippen molar-refractivity contribution in [3.05, 3.63) is 60.8 Å². The molecule has 0 radical (unpaired) electrons. The summed E-state index contributed by atoms with van der Waals surface area (Å²) in [5.41, 5.74) is 0. The maximum atomic E-state index is 12.7. The molecule has 6 nitrogen and oxygen atoms in total. The number of carbonyl (C=O) groups is 3. The SMILES string of the molecule is CC/C=C\C/C=C\C/C=C\C/C=C\CCCCCCCCCCCCCCC(=O)OCC(COC(=O)CCCCCCCCC)OC(=O)CCCCCCC/C=C\CCCC. The lowest BCUT2D eigenvalue weighted by Crippen LogP contribution is -2.30. The van der Waals surface area contributed by atoms with Gasteiger partial charge in [0.1, 0.15) is 13.2 Å². The lowest BCUT2D eigenvalue weighted by atomic mass is 10.0. The van der Waals surface area contributed by atoms with Crippen LogP contribution in [0.5, 0.6) is 0 Å². The van der Waals surface area contributed by atoms with Crippen LogP contribution in [0.3, 0.4) is 0 Å². The van der Waals surface area contributed by atoms with Crippen molar-refractivity contribution in [1.82, 2.24) is 0 Å². The largest absolute Gasteiger partial charge is 0.462 e. The van der Waals surface area contributed by atoms with E-state index in [4.69, 9.17) is 14.2 Å². The van der Waals surface area contributed by atoms with Gasteiger partial charge in [-0.05, 0) is 77.0 Å². The van der Waals surface area contributed by atoms with Gasteiger partial charge in [-0.15, -0.1) is 0 Å². The second kappa shape index (κ2) is 49.8. The number of unbranched alkanes of at least 4 members (excludes halogenated alkanes) is 25. The van der Waals surface area contributed by atoms with Crippen LogP contribution in [0, 0.1) is 0 Å². The lowest BCUT2D eigenvalue weighted by Gasteiger charge is -2.18. The monoisotopic (exact) mass is 853 g/mol. The van der Waals surface area contributed by atoms with Crippen molar-refractivity contribution in [3.63, 3.8) is 0 Å². The number of hydrogen-bond donors (Lipinski definition) is 0. The van der Waals surface area contributed by atoms with Crippen molar-refractivity contribution in [2.75, 3.05) is 13.2 Å². The maximum absolute atomic E-state index is 12.7. The molecule has 0 fully saturated rings. The Morgan fingerprint density at radius 3 is 1.07 bits per heavy atom. The summed E-state index contributed by atoms with van der Waals surface area (Å²) in [7, 11) is 0. The van der Waals surface area contributed by atoms with Crippen LogP contribution >= 0.6 is 0 Å². The van der Waals surface area contributed by atoms with E-state index >= 15 is 0 Å². The molecule has 0 saturated carbocycles. The number of esters is 3. The Kier molecular flexibility index (Phi) is 47.4. The molecule has 0 spiro atoms. The molecule has 1 unspecified atom stereocenters. The lowest BCUT2D eigenvalue weighted by molar-refractivity contribution is -0.167. The van der Waals surface area contributed by atoms with E-state index in [0.717, 1.165) is 96.3 Å². The van der Waals surface area contributed by atoms with Crippen LogP contribution in [-0.4, -0.2) is 37.2 Å². The van der Waals surface area contributed by atoms with Crippen LogP contribution < -0.4 is 0 Å². The maximum Gasteiger partial charge on any atom is 0.306 e. The summed E-state index contributed by atoms with van der Waals surface area (Å²) in [5.74, 6) is -0.893. The zero-order chi connectivity index (χ0) is 44.4. The topological polar surface area (TPSA) is 78.9 Å². The fourth-order valence-electron chi connectivity index (χ4n) is 7.12. The van der Waals surface area contributed by atoms with E-state index < -0.39 is 6.10 Å². The standard InChI is InChI=1S/C55H96O6/c1-4-7-10-13-16-18-20-21-22-23-24-25-26-27-28-29-30-31-32-33-35-36-39-42-45-48-54(57)60-51-52(50-59-53(56)47-44-41-38-15-12-9-6-3)61-55(58)49-46-43-40-37-34-19-17-14-11-8-5-2/h7,10,14,16-18,21-22,24-25,52H,4-6,8-9,11-13,15,19-20,23,26-51H2,1-3H3/b10-7-,17-14-,18-16-,22-21-,25-24-. The van der Waals surface area contributed by atoms with Gasteiger partial charge in [-0.1, -0.05) is 216 Å². The van der Waals surface area contributed by atoms with Crippen molar-refractivity contribution in [2.24, 2.45) is 0 Å². The zero-order valence-corrected chi connectivity index (χ0v) is 40.2. The second-order valence-electron chi connectivity index (χ2n) is 17.1. The van der Waals surface area contributed by atoms with E-state index in [1.54, 1.807) is 0 Å². The van der Waals surface area contributed by atoms with Gasteiger partial charge in [0, 0.05) is 19.3 Å². The van der Waals surface area contributed by atoms with Crippen molar-refractivity contribution < 1.29 is 28.6 Å². The molecule has 0 saturated heterocycles. The first-order chi connectivity index (χ1) is 30.0. The third kappa shape index (κ3) is 48.0. The third-order valence-electron chi connectivity index (χ3n) is 11.0. The van der Waals surface area contributed by atoms with Crippen LogP contribution in [0.4, 0.5) is 0 Å². The molecule has 0 rings (SSSR count). The van der Waals surface area contributed by atoms with Crippen LogP contribution in [0.2, 0.25) is 0 Å². The van der Waals surface area contributed by atoms with Gasteiger partial charge in [-0.3, -0.25) is 14.4 Å². The van der Waals surface area contributed by atoms with E-state index in [9.17, 15) is 14.4 Å². The molecule has 0 amide bonds. The fourth-order valence-corrected chi connectivity index (χ4v) is 7.12. The Hall–Kier alpha value is -2.89. The fraction of sp³-hybridized carbons (Fsp3) is 0.764. The van der Waals surface area contributed by atoms with Gasteiger partial charge in [0.05, 0.1) is 0 Å². The van der Waals surface area contributed by atoms with Gasteiger partial charge < -0.3 is 14.2 Å². The second-order valence-corrected chi connectivity index (χ2v) is 17.1. The van der Waals surface area contributed by atoms with Gasteiger partial charge >= 0.3 is 17.9 Å². The van der Waals surface area contributed by atoms with Crippen LogP contribution in [-0.2, 0) is 28.6 Å². The molecule has 61 heavy (non-hydrogen) atoms. The van der Waals surface area contributed by atoms with Gasteiger partial charge in [-0.25, -0.2) is 0 Å². The highest BCUT2D eigenvalue weighted by Crippen LogP contribution is 2.15. The molecule has 6 heteroatoms. The zero-order valence-electron chi connectivity index (χ0n) is 40.2. The number of ether oxygens (including phenoxy) is 3. The highest BCUT2D eigenvalue weighted by molar-refractivity contribution is 5.71. The number of carbonyl (C=O) groups excluding carboxylic acids is 3. The molecule has 0 N–H and O–H groups in total. The average Bonchev–Trinajstić information content (AvgIpc) is 3.26. The highest BCUT2D eigenvalue weighted by atomic mass is 16.6. The molecular formula is C55H96O6. The molecule has 0 aliphatic rings. The average molecular weight is 853 g/mol.